The fourth-order valence-electron chi connectivity index (χ4n) is 3.22. The Balaban J connectivity index is 1.97. The van der Waals surface area contributed by atoms with Gasteiger partial charge in [-0.1, -0.05) is 6.07 Å². The second-order valence-corrected chi connectivity index (χ2v) is 7.76. The van der Waals surface area contributed by atoms with Crippen molar-refractivity contribution in [2.45, 2.75) is 18.7 Å². The predicted octanol–water partition coefficient (Wildman–Crippen LogP) is 5.27. The van der Waals surface area contributed by atoms with Crippen molar-refractivity contribution in [3.8, 4) is 0 Å². The topological polar surface area (TPSA) is 90.0 Å². The van der Waals surface area contributed by atoms with Crippen molar-refractivity contribution in [2.24, 2.45) is 0 Å². The van der Waals surface area contributed by atoms with Crippen LogP contribution in [-0.2, 0) is 4.74 Å². The zero-order valence-corrected chi connectivity index (χ0v) is 18.3. The lowest BCUT2D eigenvalue weighted by Crippen LogP contribution is -2.14. The minimum atomic E-state index is -1.01. The van der Waals surface area contributed by atoms with E-state index in [2.05, 4.69) is 15.0 Å². The smallest absolute Gasteiger partial charge is 0.217 e. The number of hydrogen-bond acceptors (Lipinski definition) is 6. The molecule has 3 rings (SSSR count). The minimum Gasteiger partial charge on any atom is -0.481 e. The summed E-state index contributed by atoms with van der Waals surface area (Å²) in [7, 11) is 2.86. The standard InChI is InChI=1S/C22H22F2N4O2S/c1-11-7-12(2)9-13(8-11)31-28-16-6-5-15(23)18(19(16)24)20(29)14-10-27-22(26-3)17(14)21(25)30-4/h5-10,25-28H,1-4H3. The lowest BCUT2D eigenvalue weighted by molar-refractivity contribution is 0.103. The van der Waals surface area contributed by atoms with Crippen LogP contribution in [0.1, 0.15) is 32.6 Å². The van der Waals surface area contributed by atoms with Crippen molar-refractivity contribution in [1.82, 2.24) is 4.98 Å². The van der Waals surface area contributed by atoms with E-state index in [1.807, 2.05) is 32.0 Å². The molecule has 2 aromatic carbocycles. The first-order valence-corrected chi connectivity index (χ1v) is 10.1. The number of nitrogens with one attached hydrogen (secondary N) is 4. The van der Waals surface area contributed by atoms with E-state index in [4.69, 9.17) is 10.1 Å². The number of benzene rings is 2. The van der Waals surface area contributed by atoms with Gasteiger partial charge < -0.3 is 19.8 Å². The van der Waals surface area contributed by atoms with Crippen LogP contribution in [0.25, 0.3) is 0 Å². The van der Waals surface area contributed by atoms with E-state index in [0.717, 1.165) is 34.0 Å². The van der Waals surface area contributed by atoms with E-state index in [1.54, 1.807) is 7.05 Å². The summed E-state index contributed by atoms with van der Waals surface area (Å²) in [4.78, 5) is 16.7. The van der Waals surface area contributed by atoms with Gasteiger partial charge in [-0.3, -0.25) is 10.2 Å². The largest absolute Gasteiger partial charge is 0.481 e. The van der Waals surface area contributed by atoms with Crippen molar-refractivity contribution in [2.75, 3.05) is 24.2 Å². The maximum Gasteiger partial charge on any atom is 0.217 e. The van der Waals surface area contributed by atoms with Crippen LogP contribution >= 0.6 is 11.9 Å². The first-order chi connectivity index (χ1) is 14.8. The molecular weight excluding hydrogens is 422 g/mol. The summed E-state index contributed by atoms with van der Waals surface area (Å²) >= 11 is 1.16. The highest BCUT2D eigenvalue weighted by Crippen LogP contribution is 2.30. The van der Waals surface area contributed by atoms with E-state index in [0.29, 0.717) is 5.82 Å². The molecule has 0 atom stereocenters. The molecule has 0 aliphatic heterocycles. The summed E-state index contributed by atoms with van der Waals surface area (Å²) in [6.07, 6.45) is 1.29. The number of anilines is 2. The van der Waals surface area contributed by atoms with Gasteiger partial charge in [-0.2, -0.15) is 0 Å². The molecular formula is C22H22F2N4O2S. The Morgan fingerprint density at radius 2 is 1.81 bits per heavy atom. The van der Waals surface area contributed by atoms with Gasteiger partial charge in [0.1, 0.15) is 11.6 Å². The fourth-order valence-corrected chi connectivity index (χ4v) is 4.09. The average Bonchev–Trinajstić information content (AvgIpc) is 3.16. The molecule has 4 N–H and O–H groups in total. The second-order valence-electron chi connectivity index (χ2n) is 6.88. The van der Waals surface area contributed by atoms with Crippen LogP contribution in [-0.4, -0.2) is 30.8 Å². The van der Waals surface area contributed by atoms with Gasteiger partial charge in [0, 0.05) is 18.1 Å². The van der Waals surface area contributed by atoms with E-state index < -0.39 is 23.0 Å². The number of methoxy groups -OCH3 is 1. The van der Waals surface area contributed by atoms with Crippen molar-refractivity contribution >= 4 is 35.1 Å². The predicted molar refractivity (Wildman–Crippen MR) is 119 cm³/mol. The molecule has 1 heterocycles. The summed E-state index contributed by atoms with van der Waals surface area (Å²) in [6, 6.07) is 8.16. The lowest BCUT2D eigenvalue weighted by atomic mass is 10.00. The second kappa shape index (κ2) is 9.22. The third-order valence-electron chi connectivity index (χ3n) is 4.60. The summed E-state index contributed by atoms with van der Waals surface area (Å²) in [5.41, 5.74) is 1.39. The van der Waals surface area contributed by atoms with Crippen LogP contribution in [0.3, 0.4) is 0 Å². The highest BCUT2D eigenvalue weighted by atomic mass is 32.2. The van der Waals surface area contributed by atoms with E-state index in [9.17, 15) is 9.18 Å². The number of ketones is 1. The Labute approximate surface area is 183 Å². The SMILES string of the molecule is CNc1[nH]cc(C(=O)c2c(F)ccc(NSc3cc(C)cc(C)c3)c2F)c1C(=N)OC. The summed E-state index contributed by atoms with van der Waals surface area (Å²) < 4.78 is 37.5. The highest BCUT2D eigenvalue weighted by Gasteiger charge is 2.28. The molecule has 0 saturated carbocycles. The van der Waals surface area contributed by atoms with Gasteiger partial charge in [0.15, 0.2) is 5.82 Å². The fraction of sp³-hybridized carbons (Fsp3) is 0.182. The van der Waals surface area contributed by atoms with Crippen LogP contribution in [0.15, 0.2) is 41.4 Å². The van der Waals surface area contributed by atoms with Crippen LogP contribution in [0.2, 0.25) is 0 Å². The molecule has 0 fully saturated rings. The Morgan fingerprint density at radius 3 is 2.42 bits per heavy atom. The Bertz CT molecular complexity index is 1140. The van der Waals surface area contributed by atoms with E-state index in [-0.39, 0.29) is 22.7 Å². The van der Waals surface area contributed by atoms with Crippen LogP contribution < -0.4 is 10.0 Å². The van der Waals surface area contributed by atoms with Crippen molar-refractivity contribution in [1.29, 1.82) is 5.41 Å². The average molecular weight is 445 g/mol. The molecule has 6 nitrogen and oxygen atoms in total. The molecule has 0 radical (unpaired) electrons. The molecule has 0 aliphatic carbocycles. The number of ether oxygens (including phenoxy) is 1. The normalized spacial score (nSPS) is 10.6. The molecule has 3 aromatic rings. The van der Waals surface area contributed by atoms with Gasteiger partial charge in [0.25, 0.3) is 0 Å². The first kappa shape index (κ1) is 22.4. The number of aromatic amines is 1. The number of rotatable bonds is 7. The van der Waals surface area contributed by atoms with Gasteiger partial charge in [-0.25, -0.2) is 8.78 Å². The zero-order valence-electron chi connectivity index (χ0n) is 17.4. The molecule has 0 saturated heterocycles. The number of carbonyl (C=O) groups is 1. The molecule has 0 unspecified atom stereocenters. The van der Waals surface area contributed by atoms with Gasteiger partial charge in [-0.15, -0.1) is 0 Å². The molecule has 1 aromatic heterocycles. The Hall–Kier alpha value is -3.33. The number of carbonyl (C=O) groups excluding carboxylic acids is 1. The number of aryl methyl sites for hydroxylation is 2. The van der Waals surface area contributed by atoms with Crippen molar-refractivity contribution < 1.29 is 18.3 Å². The van der Waals surface area contributed by atoms with Gasteiger partial charge in [0.05, 0.1) is 29.5 Å². The Kier molecular flexibility index (Phi) is 6.65. The third-order valence-corrected chi connectivity index (χ3v) is 5.39. The third kappa shape index (κ3) is 4.56. The van der Waals surface area contributed by atoms with Crippen molar-refractivity contribution in [3.63, 3.8) is 0 Å². The molecule has 0 spiro atoms. The molecule has 9 heteroatoms. The molecule has 0 amide bonds. The molecule has 0 aliphatic rings. The maximum atomic E-state index is 15.2. The summed E-state index contributed by atoms with van der Waals surface area (Å²) in [5, 5.41) is 10.7. The molecule has 31 heavy (non-hydrogen) atoms. The van der Waals surface area contributed by atoms with E-state index >= 15 is 4.39 Å². The van der Waals surface area contributed by atoms with Gasteiger partial charge in [-0.05, 0) is 61.2 Å². The van der Waals surface area contributed by atoms with Gasteiger partial charge >= 0.3 is 0 Å². The molecule has 0 bridgehead atoms. The summed E-state index contributed by atoms with van der Waals surface area (Å²) in [5.74, 6) is -2.88. The van der Waals surface area contributed by atoms with Crippen LogP contribution in [0.4, 0.5) is 20.3 Å². The lowest BCUT2D eigenvalue weighted by Gasteiger charge is -2.12. The van der Waals surface area contributed by atoms with E-state index in [1.165, 1.54) is 19.4 Å². The van der Waals surface area contributed by atoms with Crippen molar-refractivity contribution in [3.05, 3.63) is 76.0 Å². The van der Waals surface area contributed by atoms with Crippen LogP contribution in [0.5, 0.6) is 0 Å². The number of hydrogen-bond donors (Lipinski definition) is 4. The number of halogens is 2. The quantitative estimate of drug-likeness (QED) is 0.172. The zero-order chi connectivity index (χ0) is 22.7. The number of aromatic nitrogens is 1. The maximum absolute atomic E-state index is 15.2. The monoisotopic (exact) mass is 444 g/mol. The molecule has 162 valence electrons. The van der Waals surface area contributed by atoms with Gasteiger partial charge in [0.2, 0.25) is 11.7 Å². The Morgan fingerprint density at radius 1 is 1.13 bits per heavy atom. The first-order valence-electron chi connectivity index (χ1n) is 9.32. The summed E-state index contributed by atoms with van der Waals surface area (Å²) in [6.45, 7) is 3.91. The minimum absolute atomic E-state index is 0.0262. The highest BCUT2D eigenvalue weighted by molar-refractivity contribution is 8.00. The van der Waals surface area contributed by atoms with Crippen LogP contribution in [0, 0.1) is 30.9 Å². The number of H-pyrrole nitrogens is 1.